The first-order valence-corrected chi connectivity index (χ1v) is 5.52. The highest BCUT2D eigenvalue weighted by Gasteiger charge is 2.15. The molecule has 8 nitrogen and oxygen atoms in total. The Morgan fingerprint density at radius 3 is 3.00 bits per heavy atom. The van der Waals surface area contributed by atoms with Crippen molar-refractivity contribution < 1.29 is 4.74 Å². The van der Waals surface area contributed by atoms with E-state index < -0.39 is 0 Å². The molecule has 8 heteroatoms. The minimum absolute atomic E-state index is 0.128. The van der Waals surface area contributed by atoms with Crippen LogP contribution in [0.4, 0.5) is 5.95 Å². The zero-order valence-corrected chi connectivity index (χ0v) is 10.5. The average molecular weight is 249 g/mol. The summed E-state index contributed by atoms with van der Waals surface area (Å²) in [5.41, 5.74) is 0. The third-order valence-electron chi connectivity index (χ3n) is 2.52. The first-order chi connectivity index (χ1) is 8.70. The second-order valence-corrected chi connectivity index (χ2v) is 3.95. The van der Waals surface area contributed by atoms with Crippen molar-refractivity contribution in [1.29, 1.82) is 0 Å². The van der Waals surface area contributed by atoms with Crippen LogP contribution in [0.3, 0.4) is 0 Å². The van der Waals surface area contributed by atoms with Gasteiger partial charge >= 0.3 is 0 Å². The van der Waals surface area contributed by atoms with E-state index in [2.05, 4.69) is 30.6 Å². The molecule has 0 radical (unpaired) electrons. The molecule has 2 rings (SSSR count). The maximum absolute atomic E-state index is 5.06. The van der Waals surface area contributed by atoms with Gasteiger partial charge in [-0.3, -0.25) is 0 Å². The van der Waals surface area contributed by atoms with Gasteiger partial charge in [0.15, 0.2) is 5.82 Å². The Kier molecular flexibility index (Phi) is 3.66. The van der Waals surface area contributed by atoms with Crippen molar-refractivity contribution in [3.05, 3.63) is 18.1 Å². The summed E-state index contributed by atoms with van der Waals surface area (Å²) in [6.45, 7) is 2.70. The number of hydrogen-bond acceptors (Lipinski definition) is 7. The minimum atomic E-state index is 0.128. The van der Waals surface area contributed by atoms with Crippen LogP contribution in [-0.2, 0) is 0 Å². The van der Waals surface area contributed by atoms with Gasteiger partial charge in [-0.15, -0.1) is 10.2 Å². The topological polar surface area (TPSA) is 92.7 Å². The van der Waals surface area contributed by atoms with Crippen LogP contribution in [0.5, 0.6) is 5.88 Å². The smallest absolute Gasteiger partial charge is 0.228 e. The lowest BCUT2D eigenvalue weighted by atomic mass is 10.1. The summed E-state index contributed by atoms with van der Waals surface area (Å²) in [4.78, 5) is 10.4. The fourth-order valence-electron chi connectivity index (χ4n) is 1.58. The standard InChI is InChI=1S/C10H15N7O/c1-7(9-13-15-16-14-9)6-17(2)10-11-5-4-8(12-10)18-3/h4-5,7H,6H2,1-3H3,(H,13,14,15,16)/t7-/m1/s1. The van der Waals surface area contributed by atoms with Gasteiger partial charge in [0.2, 0.25) is 11.8 Å². The van der Waals surface area contributed by atoms with Crippen LogP contribution >= 0.6 is 0 Å². The van der Waals surface area contributed by atoms with Gasteiger partial charge < -0.3 is 9.64 Å². The van der Waals surface area contributed by atoms with E-state index >= 15 is 0 Å². The van der Waals surface area contributed by atoms with E-state index in [0.717, 1.165) is 0 Å². The third-order valence-corrected chi connectivity index (χ3v) is 2.52. The van der Waals surface area contributed by atoms with Crippen LogP contribution in [0, 0.1) is 0 Å². The van der Waals surface area contributed by atoms with Gasteiger partial charge in [-0.25, -0.2) is 4.98 Å². The number of aromatic nitrogens is 6. The van der Waals surface area contributed by atoms with Crippen molar-refractivity contribution in [1.82, 2.24) is 30.6 Å². The van der Waals surface area contributed by atoms with E-state index in [1.54, 1.807) is 19.4 Å². The van der Waals surface area contributed by atoms with Crippen molar-refractivity contribution in [2.24, 2.45) is 0 Å². The predicted molar refractivity (Wildman–Crippen MR) is 64.4 cm³/mol. The molecule has 0 saturated heterocycles. The largest absolute Gasteiger partial charge is 0.481 e. The van der Waals surface area contributed by atoms with Crippen LogP contribution in [0.2, 0.25) is 0 Å². The molecule has 0 spiro atoms. The Hall–Kier alpha value is -2.25. The quantitative estimate of drug-likeness (QED) is 0.811. The Balaban J connectivity index is 2.04. The monoisotopic (exact) mass is 249 g/mol. The summed E-state index contributed by atoms with van der Waals surface area (Å²) in [6, 6.07) is 1.71. The number of rotatable bonds is 5. The molecule has 2 aromatic heterocycles. The number of H-pyrrole nitrogens is 1. The van der Waals surface area contributed by atoms with Crippen molar-refractivity contribution in [2.75, 3.05) is 25.6 Å². The zero-order valence-electron chi connectivity index (χ0n) is 10.5. The van der Waals surface area contributed by atoms with E-state index in [-0.39, 0.29) is 5.92 Å². The summed E-state index contributed by atoms with van der Waals surface area (Å²) in [6.07, 6.45) is 1.66. The maximum Gasteiger partial charge on any atom is 0.228 e. The van der Waals surface area contributed by atoms with E-state index in [1.165, 1.54) is 0 Å². The highest BCUT2D eigenvalue weighted by Crippen LogP contribution is 2.15. The number of nitrogens with one attached hydrogen (secondary N) is 1. The summed E-state index contributed by atoms with van der Waals surface area (Å²) in [5, 5.41) is 13.9. The highest BCUT2D eigenvalue weighted by molar-refractivity contribution is 5.31. The number of likely N-dealkylation sites (N-methyl/N-ethyl adjacent to an activating group) is 1. The molecule has 0 bridgehead atoms. The van der Waals surface area contributed by atoms with Crippen molar-refractivity contribution in [3.63, 3.8) is 0 Å². The molecule has 0 aliphatic carbocycles. The Morgan fingerprint density at radius 1 is 1.50 bits per heavy atom. The first-order valence-electron chi connectivity index (χ1n) is 5.52. The van der Waals surface area contributed by atoms with E-state index in [0.29, 0.717) is 24.2 Å². The molecule has 0 saturated carbocycles. The zero-order chi connectivity index (χ0) is 13.0. The Bertz CT molecular complexity index is 487. The van der Waals surface area contributed by atoms with E-state index in [1.807, 2.05) is 18.9 Å². The van der Waals surface area contributed by atoms with Crippen molar-refractivity contribution in [2.45, 2.75) is 12.8 Å². The fraction of sp³-hybridized carbons (Fsp3) is 0.500. The van der Waals surface area contributed by atoms with Gasteiger partial charge in [0.25, 0.3) is 0 Å². The molecule has 1 atom stereocenters. The van der Waals surface area contributed by atoms with Crippen molar-refractivity contribution >= 4 is 5.95 Å². The predicted octanol–water partition coefficient (Wildman–Crippen LogP) is 0.238. The summed E-state index contributed by atoms with van der Waals surface area (Å²) < 4.78 is 5.06. The minimum Gasteiger partial charge on any atom is -0.481 e. The Labute approximate surface area is 104 Å². The molecule has 0 fully saturated rings. The molecule has 96 valence electrons. The second kappa shape index (κ2) is 5.39. The molecule has 0 unspecified atom stereocenters. The number of ether oxygens (including phenoxy) is 1. The fourth-order valence-corrected chi connectivity index (χ4v) is 1.58. The molecule has 0 amide bonds. The molecule has 0 aromatic carbocycles. The highest BCUT2D eigenvalue weighted by atomic mass is 16.5. The van der Waals surface area contributed by atoms with Crippen LogP contribution in [0.1, 0.15) is 18.7 Å². The molecule has 18 heavy (non-hydrogen) atoms. The maximum atomic E-state index is 5.06. The van der Waals surface area contributed by atoms with Gasteiger partial charge in [-0.2, -0.15) is 10.2 Å². The van der Waals surface area contributed by atoms with Crippen LogP contribution in [-0.4, -0.2) is 51.3 Å². The van der Waals surface area contributed by atoms with Crippen LogP contribution < -0.4 is 9.64 Å². The number of hydrogen-bond donors (Lipinski definition) is 1. The number of aromatic amines is 1. The molecular weight excluding hydrogens is 234 g/mol. The molecule has 0 aliphatic rings. The number of anilines is 1. The lowest BCUT2D eigenvalue weighted by Gasteiger charge is -2.19. The second-order valence-electron chi connectivity index (χ2n) is 3.95. The van der Waals surface area contributed by atoms with Gasteiger partial charge in [0.1, 0.15) is 0 Å². The number of nitrogens with zero attached hydrogens (tertiary/aromatic N) is 6. The molecule has 0 aliphatic heterocycles. The van der Waals surface area contributed by atoms with E-state index in [9.17, 15) is 0 Å². The van der Waals surface area contributed by atoms with Gasteiger partial charge in [-0.05, 0) is 0 Å². The SMILES string of the molecule is COc1ccnc(N(C)C[C@@H](C)c2nn[nH]n2)n1. The molecular formula is C10H15N7O. The van der Waals surface area contributed by atoms with E-state index in [4.69, 9.17) is 4.74 Å². The van der Waals surface area contributed by atoms with Crippen molar-refractivity contribution in [3.8, 4) is 5.88 Å². The summed E-state index contributed by atoms with van der Waals surface area (Å²) >= 11 is 0. The first kappa shape index (κ1) is 12.2. The molecule has 1 N–H and O–H groups in total. The molecule has 2 heterocycles. The van der Waals surface area contributed by atoms with Crippen LogP contribution in [0.15, 0.2) is 12.3 Å². The van der Waals surface area contributed by atoms with Gasteiger partial charge in [0, 0.05) is 31.8 Å². The normalized spacial score (nSPS) is 12.2. The molecule has 2 aromatic rings. The lowest BCUT2D eigenvalue weighted by molar-refractivity contribution is 0.396. The van der Waals surface area contributed by atoms with Gasteiger partial charge in [-0.1, -0.05) is 12.1 Å². The summed E-state index contributed by atoms with van der Waals surface area (Å²) in [7, 11) is 3.49. The average Bonchev–Trinajstić information content (AvgIpc) is 2.92. The lowest BCUT2D eigenvalue weighted by Crippen LogP contribution is -2.25. The Morgan fingerprint density at radius 2 is 2.33 bits per heavy atom. The number of methoxy groups -OCH3 is 1. The van der Waals surface area contributed by atoms with Gasteiger partial charge in [0.05, 0.1) is 7.11 Å². The third kappa shape index (κ3) is 2.70. The summed E-state index contributed by atoms with van der Waals surface area (Å²) in [5.74, 6) is 1.94. The number of tetrazole rings is 1. The van der Waals surface area contributed by atoms with Crippen LogP contribution in [0.25, 0.3) is 0 Å².